The van der Waals surface area contributed by atoms with Crippen LogP contribution < -0.4 is 14.8 Å². The maximum absolute atomic E-state index is 13.2. The van der Waals surface area contributed by atoms with Crippen molar-refractivity contribution in [1.29, 1.82) is 0 Å². The normalized spacial score (nSPS) is 15.4. The molecule has 1 saturated heterocycles. The van der Waals surface area contributed by atoms with Gasteiger partial charge in [-0.2, -0.15) is 0 Å². The molecule has 1 fully saturated rings. The van der Waals surface area contributed by atoms with Gasteiger partial charge in [-0.1, -0.05) is 0 Å². The maximum Gasteiger partial charge on any atom is 0.290 e. The van der Waals surface area contributed by atoms with Gasteiger partial charge in [0, 0.05) is 31.4 Å². The number of aromatic nitrogens is 1. The van der Waals surface area contributed by atoms with E-state index in [0.29, 0.717) is 37.0 Å². The second-order valence-electron chi connectivity index (χ2n) is 7.71. The number of nitrogens with one attached hydrogen (secondary N) is 1. The lowest BCUT2D eigenvalue weighted by Gasteiger charge is -2.35. The van der Waals surface area contributed by atoms with Crippen molar-refractivity contribution >= 4 is 30.7 Å². The first kappa shape index (κ1) is 26.5. The van der Waals surface area contributed by atoms with Crippen molar-refractivity contribution in [1.82, 2.24) is 15.2 Å². The number of rotatable bonds is 7. The molecule has 0 radical (unpaired) electrons. The van der Waals surface area contributed by atoms with E-state index in [1.54, 1.807) is 18.5 Å². The first-order valence-corrected chi connectivity index (χ1v) is 10.5. The van der Waals surface area contributed by atoms with Gasteiger partial charge in [-0.15, -0.1) is 24.8 Å². The molecular formula is C24H29Cl2N3O4. The number of carbonyl (C=O) groups is 1. The third-order valence-corrected chi connectivity index (χ3v) is 5.02. The van der Waals surface area contributed by atoms with Gasteiger partial charge in [0.25, 0.3) is 5.91 Å². The van der Waals surface area contributed by atoms with Crippen molar-refractivity contribution in [2.24, 2.45) is 0 Å². The van der Waals surface area contributed by atoms with Crippen molar-refractivity contribution < 1.29 is 18.7 Å². The highest BCUT2D eigenvalue weighted by Gasteiger charge is 2.29. The molecule has 178 valence electrons. The number of benzene rings is 1. The van der Waals surface area contributed by atoms with E-state index in [0.717, 1.165) is 17.9 Å². The van der Waals surface area contributed by atoms with Crippen LogP contribution in [0.25, 0.3) is 11.3 Å². The molecule has 1 unspecified atom stereocenters. The molecule has 1 atom stereocenters. The molecule has 0 saturated carbocycles. The fraction of sp³-hybridized carbons (Fsp3) is 0.333. The Balaban J connectivity index is 0.00000193. The molecular weight excluding hydrogens is 465 g/mol. The zero-order valence-corrected chi connectivity index (χ0v) is 20.2. The number of hydrogen-bond donors (Lipinski definition) is 1. The summed E-state index contributed by atoms with van der Waals surface area (Å²) >= 11 is 0. The van der Waals surface area contributed by atoms with E-state index < -0.39 is 0 Å². The summed E-state index contributed by atoms with van der Waals surface area (Å²) < 4.78 is 17.4. The molecule has 3 heterocycles. The van der Waals surface area contributed by atoms with E-state index in [4.69, 9.17) is 13.9 Å². The summed E-state index contributed by atoms with van der Waals surface area (Å²) in [6.45, 7) is 6.36. The third-order valence-electron chi connectivity index (χ3n) is 5.02. The lowest BCUT2D eigenvalue weighted by atomic mass is 10.1. The van der Waals surface area contributed by atoms with Crippen LogP contribution in [0.4, 0.5) is 0 Å². The number of piperazine rings is 1. The molecule has 1 aliphatic rings. The molecule has 1 amide bonds. The summed E-state index contributed by atoms with van der Waals surface area (Å²) in [6, 6.07) is 14.8. The highest BCUT2D eigenvalue weighted by Crippen LogP contribution is 2.26. The van der Waals surface area contributed by atoms with Crippen molar-refractivity contribution in [3.8, 4) is 22.8 Å². The maximum atomic E-state index is 13.2. The topological polar surface area (TPSA) is 76.8 Å². The number of nitrogens with zero attached hydrogens (tertiary/aromatic N) is 2. The number of carbonyl (C=O) groups excluding carboxylic acids is 1. The van der Waals surface area contributed by atoms with Crippen LogP contribution in [0.5, 0.6) is 11.5 Å². The minimum atomic E-state index is -0.132. The zero-order chi connectivity index (χ0) is 21.6. The number of halogens is 2. The summed E-state index contributed by atoms with van der Waals surface area (Å²) in [5.74, 6) is 2.33. The van der Waals surface area contributed by atoms with E-state index in [1.807, 2.05) is 61.2 Å². The van der Waals surface area contributed by atoms with Gasteiger partial charge in [0.05, 0.1) is 18.3 Å². The molecule has 0 bridgehead atoms. The second-order valence-corrected chi connectivity index (χ2v) is 7.71. The number of ether oxygens (including phenoxy) is 2. The van der Waals surface area contributed by atoms with Crippen LogP contribution in [0.2, 0.25) is 0 Å². The van der Waals surface area contributed by atoms with Gasteiger partial charge in [0.1, 0.15) is 23.9 Å². The lowest BCUT2D eigenvalue weighted by Crippen LogP contribution is -2.55. The Morgan fingerprint density at radius 3 is 2.64 bits per heavy atom. The van der Waals surface area contributed by atoms with Crippen LogP contribution in [0, 0.1) is 0 Å². The molecule has 1 aromatic carbocycles. The van der Waals surface area contributed by atoms with Gasteiger partial charge in [-0.05, 0) is 62.4 Å². The van der Waals surface area contributed by atoms with Crippen LogP contribution in [0.3, 0.4) is 0 Å². The monoisotopic (exact) mass is 493 g/mol. The molecule has 0 aliphatic carbocycles. The molecule has 7 nitrogen and oxygen atoms in total. The summed E-state index contributed by atoms with van der Waals surface area (Å²) in [4.78, 5) is 19.0. The zero-order valence-electron chi connectivity index (χ0n) is 18.6. The Labute approximate surface area is 206 Å². The smallest absolute Gasteiger partial charge is 0.290 e. The SMILES string of the molecule is CC(C)Oc1ccc(-c2ccc(C(=O)N3CCNCC3COc3cccnc3)o2)cc1.Cl.Cl. The van der Waals surface area contributed by atoms with Crippen molar-refractivity contribution in [3.63, 3.8) is 0 Å². The van der Waals surface area contributed by atoms with E-state index in [-0.39, 0.29) is 42.9 Å². The summed E-state index contributed by atoms with van der Waals surface area (Å²) in [7, 11) is 0. The molecule has 1 aliphatic heterocycles. The Bertz CT molecular complexity index is 996. The van der Waals surface area contributed by atoms with Crippen molar-refractivity contribution in [2.45, 2.75) is 26.0 Å². The molecule has 2 aromatic heterocycles. The van der Waals surface area contributed by atoms with Crippen LogP contribution in [-0.2, 0) is 0 Å². The van der Waals surface area contributed by atoms with Crippen LogP contribution in [0.1, 0.15) is 24.4 Å². The van der Waals surface area contributed by atoms with Crippen molar-refractivity contribution in [2.75, 3.05) is 26.2 Å². The number of amides is 1. The lowest BCUT2D eigenvalue weighted by molar-refractivity contribution is 0.0529. The third kappa shape index (κ3) is 6.87. The predicted molar refractivity (Wildman–Crippen MR) is 132 cm³/mol. The largest absolute Gasteiger partial charge is 0.491 e. The van der Waals surface area contributed by atoms with Gasteiger partial charge in [0.15, 0.2) is 5.76 Å². The van der Waals surface area contributed by atoms with E-state index >= 15 is 0 Å². The minimum Gasteiger partial charge on any atom is -0.491 e. The first-order valence-electron chi connectivity index (χ1n) is 10.5. The Hall–Kier alpha value is -2.74. The Kier molecular flexibility index (Phi) is 10.0. The average Bonchev–Trinajstić information content (AvgIpc) is 3.28. The highest BCUT2D eigenvalue weighted by atomic mass is 35.5. The van der Waals surface area contributed by atoms with Crippen LogP contribution in [-0.4, -0.2) is 54.2 Å². The van der Waals surface area contributed by atoms with Gasteiger partial charge in [-0.25, -0.2) is 0 Å². The molecule has 33 heavy (non-hydrogen) atoms. The average molecular weight is 494 g/mol. The fourth-order valence-electron chi connectivity index (χ4n) is 3.52. The van der Waals surface area contributed by atoms with E-state index in [9.17, 15) is 4.79 Å². The quantitative estimate of drug-likeness (QED) is 0.523. The van der Waals surface area contributed by atoms with Gasteiger partial charge in [0.2, 0.25) is 0 Å². The van der Waals surface area contributed by atoms with Gasteiger partial charge >= 0.3 is 0 Å². The Morgan fingerprint density at radius 2 is 1.94 bits per heavy atom. The second kappa shape index (κ2) is 12.5. The summed E-state index contributed by atoms with van der Waals surface area (Å²) in [5.41, 5.74) is 0.895. The summed E-state index contributed by atoms with van der Waals surface area (Å²) in [6.07, 6.45) is 3.48. The minimum absolute atomic E-state index is 0. The molecule has 0 spiro atoms. The van der Waals surface area contributed by atoms with E-state index in [2.05, 4.69) is 10.3 Å². The fourth-order valence-corrected chi connectivity index (χ4v) is 3.52. The molecule has 3 aromatic rings. The van der Waals surface area contributed by atoms with Crippen LogP contribution >= 0.6 is 24.8 Å². The van der Waals surface area contributed by atoms with Gasteiger partial charge < -0.3 is 24.1 Å². The number of pyridine rings is 1. The predicted octanol–water partition coefficient (Wildman–Crippen LogP) is 4.47. The Morgan fingerprint density at radius 1 is 1.15 bits per heavy atom. The number of furan rings is 1. The van der Waals surface area contributed by atoms with Crippen molar-refractivity contribution in [3.05, 3.63) is 66.7 Å². The molecule has 4 rings (SSSR count). The van der Waals surface area contributed by atoms with Crippen LogP contribution in [0.15, 0.2) is 65.3 Å². The standard InChI is InChI=1S/C24H27N3O4.2ClH/c1-17(2)30-20-7-5-18(6-8-20)22-9-10-23(31-22)24(28)27-13-12-26-14-19(27)16-29-21-4-3-11-25-15-21;;/h3-11,15,17,19,26H,12-14,16H2,1-2H3;2*1H. The summed E-state index contributed by atoms with van der Waals surface area (Å²) in [5, 5.41) is 3.33. The molecule has 9 heteroatoms. The van der Waals surface area contributed by atoms with Gasteiger partial charge in [-0.3, -0.25) is 9.78 Å². The highest BCUT2D eigenvalue weighted by molar-refractivity contribution is 5.92. The number of hydrogen-bond acceptors (Lipinski definition) is 6. The van der Waals surface area contributed by atoms with E-state index in [1.165, 1.54) is 0 Å². The molecule has 1 N–H and O–H groups in total. The first-order chi connectivity index (χ1) is 15.1.